The van der Waals surface area contributed by atoms with Gasteiger partial charge in [0.1, 0.15) is 6.54 Å². The van der Waals surface area contributed by atoms with E-state index in [1.165, 1.54) is 30.3 Å². The minimum atomic E-state index is -3.68. The summed E-state index contributed by atoms with van der Waals surface area (Å²) in [4.78, 5) is 11.3. The van der Waals surface area contributed by atoms with E-state index in [9.17, 15) is 13.2 Å². The molecule has 2 rings (SSSR count). The Bertz CT molecular complexity index is 752. The first-order valence-corrected chi connectivity index (χ1v) is 7.58. The summed E-state index contributed by atoms with van der Waals surface area (Å²) in [6.45, 7) is 1.73. The Balaban J connectivity index is 2.16. The number of hydrogen-bond donors (Lipinski definition) is 1. The van der Waals surface area contributed by atoms with Crippen LogP contribution in [0.4, 0.5) is 5.69 Å². The van der Waals surface area contributed by atoms with E-state index >= 15 is 0 Å². The number of ether oxygens (including phenoxy) is 1. The van der Waals surface area contributed by atoms with Crippen LogP contribution in [-0.4, -0.2) is 31.3 Å². The zero-order chi connectivity index (χ0) is 15.5. The van der Waals surface area contributed by atoms with Crippen LogP contribution in [0.3, 0.4) is 0 Å². The van der Waals surface area contributed by atoms with Crippen molar-refractivity contribution in [1.29, 1.82) is 0 Å². The van der Waals surface area contributed by atoms with Crippen molar-refractivity contribution < 1.29 is 17.9 Å². The van der Waals surface area contributed by atoms with Crippen molar-refractivity contribution in [2.75, 3.05) is 11.8 Å². The van der Waals surface area contributed by atoms with E-state index < -0.39 is 16.0 Å². The number of nitrogens with zero attached hydrogens (tertiary/aromatic N) is 2. The Morgan fingerprint density at radius 2 is 2.19 bits per heavy atom. The largest absolute Gasteiger partial charge is 0.468 e. The second kappa shape index (κ2) is 5.96. The zero-order valence-electron chi connectivity index (χ0n) is 11.6. The summed E-state index contributed by atoms with van der Waals surface area (Å²) >= 11 is 0. The number of aryl methyl sites for hydroxylation is 1. The van der Waals surface area contributed by atoms with Crippen molar-refractivity contribution in [3.63, 3.8) is 0 Å². The van der Waals surface area contributed by atoms with Gasteiger partial charge in [-0.15, -0.1) is 0 Å². The van der Waals surface area contributed by atoms with Crippen LogP contribution in [0.5, 0.6) is 0 Å². The van der Waals surface area contributed by atoms with Gasteiger partial charge < -0.3 is 4.74 Å². The number of nitrogens with one attached hydrogen (secondary N) is 1. The number of aromatic nitrogens is 2. The number of carbonyl (C=O) groups is 1. The Morgan fingerprint density at radius 3 is 2.86 bits per heavy atom. The van der Waals surface area contributed by atoms with Crippen LogP contribution >= 0.6 is 0 Å². The molecule has 0 aliphatic rings. The summed E-state index contributed by atoms with van der Waals surface area (Å²) in [5, 5.41) is 3.89. The Labute approximate surface area is 122 Å². The van der Waals surface area contributed by atoms with E-state index in [2.05, 4.69) is 14.6 Å². The summed E-state index contributed by atoms with van der Waals surface area (Å²) < 4.78 is 32.6. The number of benzene rings is 1. The highest BCUT2D eigenvalue weighted by Crippen LogP contribution is 2.16. The highest BCUT2D eigenvalue weighted by atomic mass is 32.2. The predicted octanol–water partition coefficient (Wildman–Crippen LogP) is 1.17. The third-order valence-electron chi connectivity index (χ3n) is 2.70. The van der Waals surface area contributed by atoms with Crippen LogP contribution in [0.1, 0.15) is 5.56 Å². The number of hydrogen-bond acceptors (Lipinski definition) is 5. The summed E-state index contributed by atoms with van der Waals surface area (Å²) in [6.07, 6.45) is 2.75. The van der Waals surface area contributed by atoms with Gasteiger partial charge in [0, 0.05) is 6.20 Å². The van der Waals surface area contributed by atoms with Crippen LogP contribution in [0.25, 0.3) is 0 Å². The van der Waals surface area contributed by atoms with Crippen molar-refractivity contribution in [3.8, 4) is 0 Å². The van der Waals surface area contributed by atoms with Crippen molar-refractivity contribution in [1.82, 2.24) is 9.78 Å². The standard InChI is InChI=1S/C13H15N3O4S/c1-10-4-3-5-12(6-10)21(18,19)15-11-7-14-16(8-11)9-13(17)20-2/h3-8,15H,9H2,1-2H3. The Hall–Kier alpha value is -2.35. The molecule has 7 nitrogen and oxygen atoms in total. The number of esters is 1. The van der Waals surface area contributed by atoms with Gasteiger partial charge in [-0.2, -0.15) is 5.10 Å². The van der Waals surface area contributed by atoms with Crippen molar-refractivity contribution in [2.45, 2.75) is 18.4 Å². The highest BCUT2D eigenvalue weighted by Gasteiger charge is 2.15. The lowest BCUT2D eigenvalue weighted by Crippen LogP contribution is -2.13. The van der Waals surface area contributed by atoms with Crippen molar-refractivity contribution >= 4 is 21.7 Å². The van der Waals surface area contributed by atoms with E-state index in [1.54, 1.807) is 12.1 Å². The van der Waals surface area contributed by atoms with Gasteiger partial charge >= 0.3 is 5.97 Å². The van der Waals surface area contributed by atoms with E-state index in [1.807, 2.05) is 13.0 Å². The maximum Gasteiger partial charge on any atom is 0.327 e. The normalized spacial score (nSPS) is 11.1. The second-order valence-corrected chi connectivity index (χ2v) is 6.11. The number of carbonyl (C=O) groups excluding carboxylic acids is 1. The summed E-state index contributed by atoms with van der Waals surface area (Å²) in [6, 6.07) is 6.56. The fourth-order valence-corrected chi connectivity index (χ4v) is 2.83. The van der Waals surface area contributed by atoms with E-state index in [-0.39, 0.29) is 17.1 Å². The third kappa shape index (κ3) is 3.82. The first kappa shape index (κ1) is 15.0. The van der Waals surface area contributed by atoms with Crippen LogP contribution in [0, 0.1) is 6.92 Å². The lowest BCUT2D eigenvalue weighted by Gasteiger charge is -2.06. The first-order chi connectivity index (χ1) is 9.90. The lowest BCUT2D eigenvalue weighted by atomic mass is 10.2. The Morgan fingerprint density at radius 1 is 1.43 bits per heavy atom. The van der Waals surface area contributed by atoms with Crippen LogP contribution in [-0.2, 0) is 26.1 Å². The van der Waals surface area contributed by atoms with Gasteiger partial charge in [-0.3, -0.25) is 14.2 Å². The van der Waals surface area contributed by atoms with Crippen LogP contribution < -0.4 is 4.72 Å². The van der Waals surface area contributed by atoms with Crippen LogP contribution in [0.2, 0.25) is 0 Å². The highest BCUT2D eigenvalue weighted by molar-refractivity contribution is 7.92. The van der Waals surface area contributed by atoms with Gasteiger partial charge in [0.2, 0.25) is 0 Å². The van der Waals surface area contributed by atoms with Gasteiger partial charge in [0.15, 0.2) is 0 Å². The van der Waals surface area contributed by atoms with E-state index in [4.69, 9.17) is 0 Å². The molecule has 1 heterocycles. The molecule has 0 atom stereocenters. The maximum absolute atomic E-state index is 12.2. The van der Waals surface area contributed by atoms with E-state index in [0.717, 1.165) is 5.56 Å². The van der Waals surface area contributed by atoms with Crippen molar-refractivity contribution in [3.05, 3.63) is 42.2 Å². The van der Waals surface area contributed by atoms with Gasteiger partial charge in [0.25, 0.3) is 10.0 Å². The lowest BCUT2D eigenvalue weighted by molar-refractivity contribution is -0.141. The SMILES string of the molecule is COC(=O)Cn1cc(NS(=O)(=O)c2cccc(C)c2)cn1. The molecular weight excluding hydrogens is 294 g/mol. The smallest absolute Gasteiger partial charge is 0.327 e. The third-order valence-corrected chi connectivity index (χ3v) is 4.08. The molecule has 0 aliphatic heterocycles. The average Bonchev–Trinajstić information content (AvgIpc) is 2.85. The molecule has 0 aliphatic carbocycles. The van der Waals surface area contributed by atoms with E-state index in [0.29, 0.717) is 0 Å². The monoisotopic (exact) mass is 309 g/mol. The quantitative estimate of drug-likeness (QED) is 0.837. The maximum atomic E-state index is 12.2. The fraction of sp³-hybridized carbons (Fsp3) is 0.231. The molecule has 0 bridgehead atoms. The summed E-state index contributed by atoms with van der Waals surface area (Å²) in [7, 11) is -2.41. The minimum Gasteiger partial charge on any atom is -0.468 e. The molecule has 0 saturated heterocycles. The van der Waals surface area contributed by atoms with Gasteiger partial charge in [-0.25, -0.2) is 8.42 Å². The molecule has 2 aromatic rings. The topological polar surface area (TPSA) is 90.3 Å². The number of anilines is 1. The second-order valence-electron chi connectivity index (χ2n) is 4.42. The van der Waals surface area contributed by atoms with Gasteiger partial charge in [-0.1, -0.05) is 12.1 Å². The fourth-order valence-electron chi connectivity index (χ4n) is 1.70. The molecule has 0 unspecified atom stereocenters. The molecule has 0 spiro atoms. The first-order valence-electron chi connectivity index (χ1n) is 6.09. The molecule has 0 radical (unpaired) electrons. The van der Waals surface area contributed by atoms with Gasteiger partial charge in [0.05, 0.1) is 23.9 Å². The molecule has 0 saturated carbocycles. The summed E-state index contributed by atoms with van der Waals surface area (Å²) in [5.41, 5.74) is 1.12. The molecular formula is C13H15N3O4S. The molecule has 0 fully saturated rings. The number of methoxy groups -OCH3 is 1. The van der Waals surface area contributed by atoms with Crippen LogP contribution in [0.15, 0.2) is 41.6 Å². The minimum absolute atomic E-state index is 0.0807. The molecule has 112 valence electrons. The number of rotatable bonds is 5. The molecule has 1 aromatic heterocycles. The predicted molar refractivity (Wildman–Crippen MR) is 76.2 cm³/mol. The molecule has 0 amide bonds. The molecule has 1 N–H and O–H groups in total. The van der Waals surface area contributed by atoms with Crippen molar-refractivity contribution in [2.24, 2.45) is 0 Å². The molecule has 8 heteroatoms. The zero-order valence-corrected chi connectivity index (χ0v) is 12.4. The summed E-state index contributed by atoms with van der Waals surface area (Å²) in [5.74, 6) is -0.466. The average molecular weight is 309 g/mol. The Kier molecular flexibility index (Phi) is 4.27. The molecule has 1 aromatic carbocycles. The van der Waals surface area contributed by atoms with Gasteiger partial charge in [-0.05, 0) is 24.6 Å². The number of sulfonamides is 1. The molecule has 21 heavy (non-hydrogen) atoms.